The number of fused-ring (bicyclic) bond motifs is 2. The summed E-state index contributed by atoms with van der Waals surface area (Å²) in [5, 5.41) is 0. The standard InChI is InChI=1S/C16H16O2S/c1-3-11(2)17-12-8-9-16-14(10-12)18-13-6-4-5-7-15(13)19-16/h4-11H,3H2,1-2H3/t11-/m0/s1. The van der Waals surface area contributed by atoms with E-state index in [0.717, 1.165) is 33.5 Å². The van der Waals surface area contributed by atoms with Crippen molar-refractivity contribution in [3.8, 4) is 17.2 Å². The number of hydrogen-bond acceptors (Lipinski definition) is 3. The Bertz CT molecular complexity index is 595. The number of rotatable bonds is 3. The van der Waals surface area contributed by atoms with Gasteiger partial charge in [0.05, 0.1) is 15.9 Å². The summed E-state index contributed by atoms with van der Waals surface area (Å²) in [5.74, 6) is 2.67. The highest BCUT2D eigenvalue weighted by Crippen LogP contribution is 2.47. The van der Waals surface area contributed by atoms with Crippen molar-refractivity contribution in [2.45, 2.75) is 36.2 Å². The molecule has 0 unspecified atom stereocenters. The highest BCUT2D eigenvalue weighted by atomic mass is 32.2. The van der Waals surface area contributed by atoms with Crippen LogP contribution in [0.3, 0.4) is 0 Å². The van der Waals surface area contributed by atoms with Crippen molar-refractivity contribution in [2.24, 2.45) is 0 Å². The van der Waals surface area contributed by atoms with E-state index in [9.17, 15) is 0 Å². The molecule has 3 heteroatoms. The van der Waals surface area contributed by atoms with E-state index in [0.29, 0.717) is 0 Å². The Morgan fingerprint density at radius 1 is 1.11 bits per heavy atom. The predicted molar refractivity (Wildman–Crippen MR) is 77.5 cm³/mol. The molecule has 98 valence electrons. The van der Waals surface area contributed by atoms with Crippen molar-refractivity contribution >= 4 is 11.8 Å². The second-order valence-corrected chi connectivity index (χ2v) is 5.68. The molecular weight excluding hydrogens is 256 g/mol. The van der Waals surface area contributed by atoms with Crippen LogP contribution < -0.4 is 9.47 Å². The average Bonchev–Trinajstić information content (AvgIpc) is 2.45. The highest BCUT2D eigenvalue weighted by Gasteiger charge is 2.18. The van der Waals surface area contributed by atoms with Gasteiger partial charge in [-0.2, -0.15) is 0 Å². The fourth-order valence-electron chi connectivity index (χ4n) is 1.90. The van der Waals surface area contributed by atoms with Crippen LogP contribution in [0.1, 0.15) is 20.3 Å². The average molecular weight is 272 g/mol. The quantitative estimate of drug-likeness (QED) is 0.659. The number of benzene rings is 2. The lowest BCUT2D eigenvalue weighted by Gasteiger charge is -2.20. The fourth-order valence-corrected chi connectivity index (χ4v) is 2.83. The summed E-state index contributed by atoms with van der Waals surface area (Å²) >= 11 is 1.74. The Balaban J connectivity index is 1.87. The molecule has 0 N–H and O–H groups in total. The van der Waals surface area contributed by atoms with Gasteiger partial charge in [0, 0.05) is 6.07 Å². The molecule has 2 aromatic rings. The third-order valence-electron chi connectivity index (χ3n) is 3.12. The maximum Gasteiger partial charge on any atom is 0.145 e. The topological polar surface area (TPSA) is 18.5 Å². The third kappa shape index (κ3) is 2.56. The first kappa shape index (κ1) is 12.4. The van der Waals surface area contributed by atoms with E-state index in [1.54, 1.807) is 11.8 Å². The lowest BCUT2D eigenvalue weighted by atomic mass is 10.3. The minimum atomic E-state index is 0.224. The van der Waals surface area contributed by atoms with Gasteiger partial charge in [0.1, 0.15) is 17.2 Å². The summed E-state index contributed by atoms with van der Waals surface area (Å²) < 4.78 is 11.8. The molecule has 0 saturated heterocycles. The maximum absolute atomic E-state index is 5.93. The van der Waals surface area contributed by atoms with Crippen molar-refractivity contribution in [2.75, 3.05) is 0 Å². The van der Waals surface area contributed by atoms with E-state index >= 15 is 0 Å². The van der Waals surface area contributed by atoms with Gasteiger partial charge in [0.2, 0.25) is 0 Å². The van der Waals surface area contributed by atoms with Crippen molar-refractivity contribution in [3.05, 3.63) is 42.5 Å². The first-order chi connectivity index (χ1) is 9.26. The molecule has 1 heterocycles. The van der Waals surface area contributed by atoms with Crippen molar-refractivity contribution in [3.63, 3.8) is 0 Å². The van der Waals surface area contributed by atoms with Gasteiger partial charge in [-0.1, -0.05) is 30.8 Å². The molecule has 1 aliphatic heterocycles. The molecule has 19 heavy (non-hydrogen) atoms. The number of ether oxygens (including phenoxy) is 2. The van der Waals surface area contributed by atoms with Crippen LogP contribution in [0.4, 0.5) is 0 Å². The Morgan fingerprint density at radius 2 is 1.89 bits per heavy atom. The van der Waals surface area contributed by atoms with Crippen molar-refractivity contribution in [1.82, 2.24) is 0 Å². The molecule has 3 rings (SSSR count). The predicted octanol–water partition coefficient (Wildman–Crippen LogP) is 5.12. The Kier molecular flexibility index (Phi) is 3.38. The fraction of sp³-hybridized carbons (Fsp3) is 0.250. The van der Waals surface area contributed by atoms with Gasteiger partial charge in [0.15, 0.2) is 0 Å². The van der Waals surface area contributed by atoms with Crippen LogP contribution in [-0.2, 0) is 0 Å². The Morgan fingerprint density at radius 3 is 2.74 bits per heavy atom. The van der Waals surface area contributed by atoms with Gasteiger partial charge in [-0.3, -0.25) is 0 Å². The number of hydrogen-bond donors (Lipinski definition) is 0. The monoisotopic (exact) mass is 272 g/mol. The van der Waals surface area contributed by atoms with Crippen LogP contribution in [0.5, 0.6) is 17.2 Å². The second kappa shape index (κ2) is 5.17. The SMILES string of the molecule is CC[C@H](C)Oc1ccc2c(c1)Oc1ccccc1S2. The summed E-state index contributed by atoms with van der Waals surface area (Å²) in [4.78, 5) is 2.29. The van der Waals surface area contributed by atoms with Gasteiger partial charge in [0.25, 0.3) is 0 Å². The minimum Gasteiger partial charge on any atom is -0.491 e. The second-order valence-electron chi connectivity index (χ2n) is 4.60. The third-order valence-corrected chi connectivity index (χ3v) is 4.23. The van der Waals surface area contributed by atoms with E-state index in [2.05, 4.69) is 26.0 Å². The molecule has 0 radical (unpaired) electrons. The first-order valence-corrected chi connectivity index (χ1v) is 7.33. The zero-order valence-electron chi connectivity index (χ0n) is 11.1. The molecule has 0 saturated carbocycles. The zero-order valence-corrected chi connectivity index (χ0v) is 11.9. The van der Waals surface area contributed by atoms with Crippen LogP contribution in [0.15, 0.2) is 52.3 Å². The minimum absolute atomic E-state index is 0.224. The molecule has 2 aromatic carbocycles. The molecule has 0 bridgehead atoms. The largest absolute Gasteiger partial charge is 0.491 e. The Hall–Kier alpha value is -1.61. The molecule has 0 aliphatic carbocycles. The van der Waals surface area contributed by atoms with Gasteiger partial charge in [-0.15, -0.1) is 0 Å². The molecule has 1 aliphatic rings. The molecule has 1 atom stereocenters. The van der Waals surface area contributed by atoms with Gasteiger partial charge in [-0.25, -0.2) is 0 Å². The molecule has 0 spiro atoms. The lowest BCUT2D eigenvalue weighted by molar-refractivity contribution is 0.216. The summed E-state index contributed by atoms with van der Waals surface area (Å²) in [6, 6.07) is 14.1. The van der Waals surface area contributed by atoms with Crippen LogP contribution in [-0.4, -0.2) is 6.10 Å². The van der Waals surface area contributed by atoms with E-state index < -0.39 is 0 Å². The van der Waals surface area contributed by atoms with Crippen molar-refractivity contribution in [1.29, 1.82) is 0 Å². The molecule has 0 fully saturated rings. The summed E-state index contributed by atoms with van der Waals surface area (Å²) in [7, 11) is 0. The summed E-state index contributed by atoms with van der Waals surface area (Å²) in [6.45, 7) is 4.19. The smallest absolute Gasteiger partial charge is 0.145 e. The van der Waals surface area contributed by atoms with Gasteiger partial charge in [-0.05, 0) is 37.6 Å². The normalized spacial score (nSPS) is 14.0. The molecular formula is C16H16O2S. The molecule has 2 nitrogen and oxygen atoms in total. The van der Waals surface area contributed by atoms with Crippen molar-refractivity contribution < 1.29 is 9.47 Å². The van der Waals surface area contributed by atoms with E-state index in [1.807, 2.05) is 30.3 Å². The van der Waals surface area contributed by atoms with Gasteiger partial charge < -0.3 is 9.47 Å². The van der Waals surface area contributed by atoms with Crippen LogP contribution >= 0.6 is 11.8 Å². The highest BCUT2D eigenvalue weighted by molar-refractivity contribution is 7.99. The molecule has 0 amide bonds. The Labute approximate surface area is 117 Å². The van der Waals surface area contributed by atoms with Gasteiger partial charge >= 0.3 is 0 Å². The first-order valence-electron chi connectivity index (χ1n) is 6.51. The molecule has 0 aromatic heterocycles. The maximum atomic E-state index is 5.93. The van der Waals surface area contributed by atoms with E-state index in [-0.39, 0.29) is 6.10 Å². The van der Waals surface area contributed by atoms with E-state index in [1.165, 1.54) is 0 Å². The lowest BCUT2D eigenvalue weighted by Crippen LogP contribution is -2.09. The van der Waals surface area contributed by atoms with Crippen LogP contribution in [0.2, 0.25) is 0 Å². The summed E-state index contributed by atoms with van der Waals surface area (Å²) in [5.41, 5.74) is 0. The zero-order chi connectivity index (χ0) is 13.2. The van der Waals surface area contributed by atoms with Crippen LogP contribution in [0, 0.1) is 0 Å². The summed E-state index contributed by atoms with van der Waals surface area (Å²) in [6.07, 6.45) is 1.22. The number of para-hydroxylation sites is 1. The van der Waals surface area contributed by atoms with E-state index in [4.69, 9.17) is 9.47 Å². The van der Waals surface area contributed by atoms with Crippen LogP contribution in [0.25, 0.3) is 0 Å².